The fourth-order valence-electron chi connectivity index (χ4n) is 3.05. The van der Waals surface area contributed by atoms with E-state index in [0.717, 1.165) is 25.3 Å². The van der Waals surface area contributed by atoms with E-state index in [4.69, 9.17) is 0 Å². The molecule has 0 spiro atoms. The van der Waals surface area contributed by atoms with Crippen molar-refractivity contribution in [3.63, 3.8) is 0 Å². The van der Waals surface area contributed by atoms with E-state index < -0.39 is 0 Å². The van der Waals surface area contributed by atoms with Gasteiger partial charge in [-0.2, -0.15) is 0 Å². The van der Waals surface area contributed by atoms with Crippen LogP contribution in [-0.4, -0.2) is 18.6 Å². The van der Waals surface area contributed by atoms with E-state index in [1.165, 1.54) is 32.1 Å². The van der Waals surface area contributed by atoms with Crippen molar-refractivity contribution in [1.82, 2.24) is 10.6 Å². The lowest BCUT2D eigenvalue weighted by Gasteiger charge is -2.15. The smallest absolute Gasteiger partial charge is 0.315 e. The highest BCUT2D eigenvalue weighted by atomic mass is 16.2. The Kier molecular flexibility index (Phi) is 4.08. The van der Waals surface area contributed by atoms with Crippen molar-refractivity contribution in [3.05, 3.63) is 0 Å². The minimum absolute atomic E-state index is 0.0476. The van der Waals surface area contributed by atoms with Gasteiger partial charge in [-0.05, 0) is 37.5 Å². The molecule has 2 unspecified atom stereocenters. The molecule has 3 heteroatoms. The molecular weight excluding hydrogens is 200 g/mol. The molecule has 2 aliphatic carbocycles. The third kappa shape index (κ3) is 3.39. The maximum Gasteiger partial charge on any atom is 0.315 e. The monoisotopic (exact) mass is 224 g/mol. The van der Waals surface area contributed by atoms with Crippen LogP contribution in [0.4, 0.5) is 4.79 Å². The number of carbonyl (C=O) groups excluding carboxylic acids is 1. The molecule has 2 atom stereocenters. The molecular formula is C13H24N2O. The summed E-state index contributed by atoms with van der Waals surface area (Å²) in [5.74, 6) is 1.56. The highest BCUT2D eigenvalue weighted by Crippen LogP contribution is 2.29. The van der Waals surface area contributed by atoms with Crippen LogP contribution in [0.15, 0.2) is 0 Å². The third-order valence-corrected chi connectivity index (χ3v) is 4.05. The molecule has 3 nitrogen and oxygen atoms in total. The number of carbonyl (C=O) groups is 1. The van der Waals surface area contributed by atoms with Crippen LogP contribution in [0.2, 0.25) is 0 Å². The highest BCUT2D eigenvalue weighted by Gasteiger charge is 2.22. The normalized spacial score (nSPS) is 30.6. The van der Waals surface area contributed by atoms with E-state index in [1.54, 1.807) is 0 Å². The largest absolute Gasteiger partial charge is 0.338 e. The fraction of sp³-hybridized carbons (Fsp3) is 0.923. The Morgan fingerprint density at radius 3 is 2.56 bits per heavy atom. The average molecular weight is 224 g/mol. The van der Waals surface area contributed by atoms with Crippen LogP contribution in [0.3, 0.4) is 0 Å². The second-order valence-corrected chi connectivity index (χ2v) is 5.62. The first kappa shape index (κ1) is 11.7. The lowest BCUT2D eigenvalue weighted by Crippen LogP contribution is -2.42. The lowest BCUT2D eigenvalue weighted by atomic mass is 10.1. The summed E-state index contributed by atoms with van der Waals surface area (Å²) in [5.41, 5.74) is 0. The molecule has 92 valence electrons. The zero-order valence-electron chi connectivity index (χ0n) is 10.3. The number of rotatable bonds is 3. The molecule has 2 rings (SSSR count). The molecule has 2 N–H and O–H groups in total. The summed E-state index contributed by atoms with van der Waals surface area (Å²) >= 11 is 0. The molecule has 0 aromatic rings. The zero-order valence-corrected chi connectivity index (χ0v) is 10.3. The van der Waals surface area contributed by atoms with Gasteiger partial charge in [0, 0.05) is 12.6 Å². The number of hydrogen-bond acceptors (Lipinski definition) is 1. The molecule has 2 aliphatic rings. The predicted octanol–water partition coefficient (Wildman–Crippen LogP) is 2.66. The van der Waals surface area contributed by atoms with Crippen molar-refractivity contribution >= 4 is 6.03 Å². The SMILES string of the molecule is CC1CCC(CNC(=O)NC2CCCC2)C1. The van der Waals surface area contributed by atoms with Crippen molar-refractivity contribution in [1.29, 1.82) is 0 Å². The topological polar surface area (TPSA) is 41.1 Å². The van der Waals surface area contributed by atoms with Crippen molar-refractivity contribution in [2.75, 3.05) is 6.54 Å². The Hall–Kier alpha value is -0.730. The first-order valence-corrected chi connectivity index (χ1v) is 6.78. The Labute approximate surface area is 98.4 Å². The summed E-state index contributed by atoms with van der Waals surface area (Å²) in [7, 11) is 0. The van der Waals surface area contributed by atoms with Crippen LogP contribution in [0.5, 0.6) is 0 Å². The summed E-state index contributed by atoms with van der Waals surface area (Å²) in [6, 6.07) is 0.481. The van der Waals surface area contributed by atoms with E-state index in [2.05, 4.69) is 17.6 Å². The Balaban J connectivity index is 1.60. The van der Waals surface area contributed by atoms with Gasteiger partial charge in [0.2, 0.25) is 0 Å². The standard InChI is InChI=1S/C13H24N2O/c1-10-6-7-11(8-10)9-14-13(16)15-12-4-2-3-5-12/h10-12H,2-9H2,1H3,(H2,14,15,16). The Bertz CT molecular complexity index is 236. The van der Waals surface area contributed by atoms with Crippen molar-refractivity contribution < 1.29 is 4.79 Å². The zero-order chi connectivity index (χ0) is 11.4. The van der Waals surface area contributed by atoms with Crippen LogP contribution in [0.25, 0.3) is 0 Å². The molecule has 2 fully saturated rings. The molecule has 0 aromatic heterocycles. The second-order valence-electron chi connectivity index (χ2n) is 5.62. The van der Waals surface area contributed by atoms with E-state index in [-0.39, 0.29) is 6.03 Å². The first-order valence-electron chi connectivity index (χ1n) is 6.78. The molecule has 0 saturated heterocycles. The van der Waals surface area contributed by atoms with Crippen LogP contribution >= 0.6 is 0 Å². The van der Waals surface area contributed by atoms with Crippen molar-refractivity contribution in [3.8, 4) is 0 Å². The van der Waals surface area contributed by atoms with Crippen LogP contribution in [-0.2, 0) is 0 Å². The minimum Gasteiger partial charge on any atom is -0.338 e. The lowest BCUT2D eigenvalue weighted by molar-refractivity contribution is 0.235. The number of hydrogen-bond donors (Lipinski definition) is 2. The molecule has 0 aromatic carbocycles. The summed E-state index contributed by atoms with van der Waals surface area (Å²) in [6.07, 6.45) is 8.75. The first-order chi connectivity index (χ1) is 7.74. The van der Waals surface area contributed by atoms with Crippen molar-refractivity contribution in [2.45, 2.75) is 57.9 Å². The van der Waals surface area contributed by atoms with E-state index in [9.17, 15) is 4.79 Å². The molecule has 2 saturated carbocycles. The molecule has 0 aliphatic heterocycles. The average Bonchev–Trinajstić information content (AvgIpc) is 2.87. The van der Waals surface area contributed by atoms with Gasteiger partial charge in [0.05, 0.1) is 0 Å². The number of nitrogens with one attached hydrogen (secondary N) is 2. The Morgan fingerprint density at radius 2 is 1.94 bits per heavy atom. The van der Waals surface area contributed by atoms with Gasteiger partial charge in [0.25, 0.3) is 0 Å². The van der Waals surface area contributed by atoms with Gasteiger partial charge in [-0.15, -0.1) is 0 Å². The summed E-state index contributed by atoms with van der Waals surface area (Å²) in [5, 5.41) is 6.09. The Morgan fingerprint density at radius 1 is 1.19 bits per heavy atom. The van der Waals surface area contributed by atoms with E-state index in [1.807, 2.05) is 0 Å². The third-order valence-electron chi connectivity index (χ3n) is 4.05. The fourth-order valence-corrected chi connectivity index (χ4v) is 3.05. The van der Waals surface area contributed by atoms with E-state index in [0.29, 0.717) is 12.0 Å². The van der Waals surface area contributed by atoms with Gasteiger partial charge >= 0.3 is 6.03 Å². The maximum atomic E-state index is 11.6. The molecule has 0 bridgehead atoms. The van der Waals surface area contributed by atoms with Crippen LogP contribution in [0.1, 0.15) is 51.9 Å². The maximum absolute atomic E-state index is 11.6. The molecule has 16 heavy (non-hydrogen) atoms. The van der Waals surface area contributed by atoms with Crippen LogP contribution < -0.4 is 10.6 Å². The number of urea groups is 1. The van der Waals surface area contributed by atoms with Gasteiger partial charge in [0.1, 0.15) is 0 Å². The summed E-state index contributed by atoms with van der Waals surface area (Å²) < 4.78 is 0. The molecule has 0 heterocycles. The minimum atomic E-state index is 0.0476. The van der Waals surface area contributed by atoms with Gasteiger partial charge < -0.3 is 10.6 Å². The highest BCUT2D eigenvalue weighted by molar-refractivity contribution is 5.74. The van der Waals surface area contributed by atoms with Crippen molar-refractivity contribution in [2.24, 2.45) is 11.8 Å². The summed E-state index contributed by atoms with van der Waals surface area (Å²) in [6.45, 7) is 3.17. The van der Waals surface area contributed by atoms with E-state index >= 15 is 0 Å². The van der Waals surface area contributed by atoms with Gasteiger partial charge in [-0.1, -0.05) is 26.2 Å². The quantitative estimate of drug-likeness (QED) is 0.760. The van der Waals surface area contributed by atoms with Gasteiger partial charge in [0.15, 0.2) is 0 Å². The van der Waals surface area contributed by atoms with Gasteiger partial charge in [-0.3, -0.25) is 0 Å². The van der Waals surface area contributed by atoms with Crippen LogP contribution in [0, 0.1) is 11.8 Å². The molecule has 0 radical (unpaired) electrons. The summed E-state index contributed by atoms with van der Waals surface area (Å²) in [4.78, 5) is 11.6. The molecule has 2 amide bonds. The predicted molar refractivity (Wildman–Crippen MR) is 65.3 cm³/mol. The number of amides is 2. The van der Waals surface area contributed by atoms with Gasteiger partial charge in [-0.25, -0.2) is 4.79 Å². The second kappa shape index (κ2) is 5.55.